The van der Waals surface area contributed by atoms with Crippen LogP contribution in [0, 0.1) is 0 Å². The van der Waals surface area contributed by atoms with Gasteiger partial charge in [0.15, 0.2) is 0 Å². The zero-order chi connectivity index (χ0) is 15.1. The van der Waals surface area contributed by atoms with E-state index in [1.807, 2.05) is 24.3 Å². The van der Waals surface area contributed by atoms with Crippen molar-refractivity contribution in [2.24, 2.45) is 0 Å². The molecule has 0 atom stereocenters. The maximum atomic E-state index is 10.4. The topological polar surface area (TPSA) is 79.7 Å². The number of hydrogen-bond acceptors (Lipinski definition) is 4. The number of nitrogens with zero attached hydrogens (tertiary/aromatic N) is 1. The van der Waals surface area contributed by atoms with E-state index in [0.29, 0.717) is 23.6 Å². The van der Waals surface area contributed by atoms with Crippen molar-refractivity contribution in [3.8, 4) is 11.6 Å². The van der Waals surface area contributed by atoms with Gasteiger partial charge in [-0.15, -0.1) is 0 Å². The Labute approximate surface area is 122 Å². The summed E-state index contributed by atoms with van der Waals surface area (Å²) in [4.78, 5) is 14.5. The van der Waals surface area contributed by atoms with Crippen LogP contribution in [0.25, 0.3) is 6.08 Å². The number of carboxylic acids is 1. The minimum absolute atomic E-state index is 0.118. The van der Waals surface area contributed by atoms with Crippen LogP contribution in [-0.2, 0) is 11.2 Å². The molecule has 0 spiro atoms. The van der Waals surface area contributed by atoms with Gasteiger partial charge in [-0.05, 0) is 41.8 Å². The number of carboxylic acid groups (broad SMARTS) is 1. The predicted octanol–water partition coefficient (Wildman–Crippen LogP) is 2.51. The number of hydrogen-bond donors (Lipinski definition) is 2. The molecule has 5 heteroatoms. The van der Waals surface area contributed by atoms with Crippen LogP contribution in [0.5, 0.6) is 11.6 Å². The van der Waals surface area contributed by atoms with Crippen molar-refractivity contribution in [2.45, 2.75) is 6.42 Å². The third kappa shape index (κ3) is 4.74. The summed E-state index contributed by atoms with van der Waals surface area (Å²) in [5, 5.41) is 17.4. The smallest absolute Gasteiger partial charge is 0.328 e. The van der Waals surface area contributed by atoms with Crippen molar-refractivity contribution in [3.05, 3.63) is 59.8 Å². The Morgan fingerprint density at radius 1 is 1.19 bits per heavy atom. The van der Waals surface area contributed by atoms with Crippen LogP contribution in [0.4, 0.5) is 0 Å². The molecule has 21 heavy (non-hydrogen) atoms. The number of aliphatic hydroxyl groups excluding tert-OH is 1. The minimum Gasteiger partial charge on any atom is -0.478 e. The Morgan fingerprint density at radius 3 is 2.52 bits per heavy atom. The van der Waals surface area contributed by atoms with Gasteiger partial charge in [0, 0.05) is 24.9 Å². The lowest BCUT2D eigenvalue weighted by molar-refractivity contribution is -0.131. The van der Waals surface area contributed by atoms with Gasteiger partial charge in [0.2, 0.25) is 5.88 Å². The first kappa shape index (κ1) is 14.7. The lowest BCUT2D eigenvalue weighted by Gasteiger charge is -2.05. The van der Waals surface area contributed by atoms with Gasteiger partial charge in [-0.2, -0.15) is 0 Å². The molecule has 2 aromatic rings. The second-order valence-electron chi connectivity index (χ2n) is 4.32. The highest BCUT2D eigenvalue weighted by atomic mass is 16.5. The van der Waals surface area contributed by atoms with Crippen molar-refractivity contribution in [1.29, 1.82) is 0 Å². The first-order valence-corrected chi connectivity index (χ1v) is 6.42. The Kier molecular flexibility index (Phi) is 5.06. The fraction of sp³-hybridized carbons (Fsp3) is 0.125. The molecule has 0 aliphatic rings. The van der Waals surface area contributed by atoms with E-state index in [2.05, 4.69) is 4.98 Å². The molecule has 1 heterocycles. The molecule has 2 rings (SSSR count). The standard InChI is InChI=1S/C16H15NO4/c18-10-9-12-1-5-14(6-2-12)21-15-7-3-13(11-17-15)4-8-16(19)20/h1-8,11,18H,9-10H2,(H,19,20)/b8-4+. The number of ether oxygens (including phenoxy) is 1. The first-order valence-electron chi connectivity index (χ1n) is 6.42. The highest BCUT2D eigenvalue weighted by molar-refractivity contribution is 5.85. The van der Waals surface area contributed by atoms with Gasteiger partial charge in [-0.1, -0.05) is 12.1 Å². The quantitative estimate of drug-likeness (QED) is 0.797. The summed E-state index contributed by atoms with van der Waals surface area (Å²) in [5.74, 6) is 0.0775. The molecule has 108 valence electrons. The highest BCUT2D eigenvalue weighted by Gasteiger charge is 1.99. The molecule has 0 aliphatic carbocycles. The molecule has 0 amide bonds. The van der Waals surface area contributed by atoms with Crippen LogP contribution in [0.1, 0.15) is 11.1 Å². The van der Waals surface area contributed by atoms with Crippen molar-refractivity contribution < 1.29 is 19.7 Å². The predicted molar refractivity (Wildman–Crippen MR) is 78.2 cm³/mol. The van der Waals surface area contributed by atoms with Crippen molar-refractivity contribution in [2.75, 3.05) is 6.61 Å². The van der Waals surface area contributed by atoms with E-state index in [4.69, 9.17) is 14.9 Å². The molecule has 0 bridgehead atoms. The summed E-state index contributed by atoms with van der Waals surface area (Å²) in [5.41, 5.74) is 1.72. The number of aromatic nitrogens is 1. The Morgan fingerprint density at radius 2 is 1.95 bits per heavy atom. The summed E-state index contributed by atoms with van der Waals surface area (Å²) >= 11 is 0. The molecule has 2 N–H and O–H groups in total. The number of aliphatic hydroxyl groups is 1. The average Bonchev–Trinajstić information content (AvgIpc) is 2.49. The van der Waals surface area contributed by atoms with Gasteiger partial charge >= 0.3 is 5.97 Å². The lowest BCUT2D eigenvalue weighted by atomic mass is 10.1. The third-order valence-electron chi connectivity index (χ3n) is 2.72. The average molecular weight is 285 g/mol. The summed E-state index contributed by atoms with van der Waals surface area (Å²) < 4.78 is 5.58. The molecule has 0 radical (unpaired) electrons. The maximum Gasteiger partial charge on any atom is 0.328 e. The van der Waals surface area contributed by atoms with Crippen LogP contribution in [0.15, 0.2) is 48.7 Å². The van der Waals surface area contributed by atoms with Crippen molar-refractivity contribution >= 4 is 12.0 Å². The van der Waals surface area contributed by atoms with Crippen LogP contribution in [0.2, 0.25) is 0 Å². The molecule has 0 saturated heterocycles. The SMILES string of the molecule is O=C(O)/C=C/c1ccc(Oc2ccc(CCO)cc2)nc1. The van der Waals surface area contributed by atoms with Crippen molar-refractivity contribution in [3.63, 3.8) is 0 Å². The summed E-state index contributed by atoms with van der Waals surface area (Å²) in [7, 11) is 0. The molecule has 5 nitrogen and oxygen atoms in total. The van der Waals surface area contributed by atoms with E-state index in [1.165, 1.54) is 12.3 Å². The number of pyridine rings is 1. The molecule has 1 aromatic heterocycles. The van der Waals surface area contributed by atoms with Gasteiger partial charge in [-0.25, -0.2) is 9.78 Å². The van der Waals surface area contributed by atoms with Crippen LogP contribution in [-0.4, -0.2) is 27.8 Å². The van der Waals surface area contributed by atoms with Gasteiger partial charge in [0.05, 0.1) is 0 Å². The zero-order valence-corrected chi connectivity index (χ0v) is 11.3. The molecular weight excluding hydrogens is 270 g/mol. The van der Waals surface area contributed by atoms with Crippen LogP contribution >= 0.6 is 0 Å². The Hall–Kier alpha value is -2.66. The van der Waals surface area contributed by atoms with Gasteiger partial charge < -0.3 is 14.9 Å². The van der Waals surface area contributed by atoms with E-state index >= 15 is 0 Å². The Bertz CT molecular complexity index is 618. The van der Waals surface area contributed by atoms with E-state index in [9.17, 15) is 4.79 Å². The highest BCUT2D eigenvalue weighted by Crippen LogP contribution is 2.20. The molecule has 1 aromatic carbocycles. The van der Waals surface area contributed by atoms with Gasteiger partial charge in [0.1, 0.15) is 5.75 Å². The van der Waals surface area contributed by atoms with E-state index in [1.54, 1.807) is 12.1 Å². The number of benzene rings is 1. The molecule has 0 fully saturated rings. The van der Waals surface area contributed by atoms with Gasteiger partial charge in [0.25, 0.3) is 0 Å². The second kappa shape index (κ2) is 7.21. The largest absolute Gasteiger partial charge is 0.478 e. The summed E-state index contributed by atoms with van der Waals surface area (Å²) in [6.07, 6.45) is 4.66. The van der Waals surface area contributed by atoms with Crippen LogP contribution in [0.3, 0.4) is 0 Å². The lowest BCUT2D eigenvalue weighted by Crippen LogP contribution is -1.92. The van der Waals surface area contributed by atoms with E-state index in [0.717, 1.165) is 11.6 Å². The fourth-order valence-electron chi connectivity index (χ4n) is 1.69. The summed E-state index contributed by atoms with van der Waals surface area (Å²) in [6, 6.07) is 10.8. The number of aliphatic carboxylic acids is 1. The molecule has 0 unspecified atom stereocenters. The maximum absolute atomic E-state index is 10.4. The van der Waals surface area contributed by atoms with Crippen LogP contribution < -0.4 is 4.74 Å². The van der Waals surface area contributed by atoms with E-state index in [-0.39, 0.29) is 6.61 Å². The number of rotatable bonds is 6. The number of carbonyl (C=O) groups is 1. The van der Waals surface area contributed by atoms with Gasteiger partial charge in [-0.3, -0.25) is 0 Å². The fourth-order valence-corrected chi connectivity index (χ4v) is 1.69. The minimum atomic E-state index is -1.00. The first-order chi connectivity index (χ1) is 10.2. The second-order valence-corrected chi connectivity index (χ2v) is 4.32. The normalized spacial score (nSPS) is 10.7. The monoisotopic (exact) mass is 285 g/mol. The van der Waals surface area contributed by atoms with Crippen molar-refractivity contribution in [1.82, 2.24) is 4.98 Å². The molecule has 0 aliphatic heterocycles. The molecule has 0 saturated carbocycles. The Balaban J connectivity index is 2.01. The molecular formula is C16H15NO4. The van der Waals surface area contributed by atoms with E-state index < -0.39 is 5.97 Å². The summed E-state index contributed by atoms with van der Waals surface area (Å²) in [6.45, 7) is 0.118. The zero-order valence-electron chi connectivity index (χ0n) is 11.3. The third-order valence-corrected chi connectivity index (χ3v) is 2.72.